The van der Waals surface area contributed by atoms with Gasteiger partial charge in [0.15, 0.2) is 0 Å². The summed E-state index contributed by atoms with van der Waals surface area (Å²) < 4.78 is 33.9. The third-order valence-electron chi connectivity index (χ3n) is 2.81. The number of hydrogen-bond acceptors (Lipinski definition) is 6. The van der Waals surface area contributed by atoms with Crippen molar-refractivity contribution in [3.8, 4) is 28.6 Å². The number of benzene rings is 1. The number of rotatable bonds is 4. The van der Waals surface area contributed by atoms with Crippen molar-refractivity contribution in [1.29, 1.82) is 0 Å². The first-order valence-electron chi connectivity index (χ1n) is 6.23. The van der Waals surface area contributed by atoms with E-state index in [1.165, 1.54) is 12.1 Å². The number of nitrogens with two attached hydrogens (primary N) is 1. The number of nitrogens with zero attached hydrogens (tertiary/aromatic N) is 3. The van der Waals surface area contributed by atoms with E-state index in [0.717, 1.165) is 0 Å². The molecule has 0 fully saturated rings. The normalized spacial score (nSPS) is 10.9. The standard InChI is InChI=1S/C14H10F2N4O2/c15-14(16)21-9-4-1-3-8(7-9)12-19-13(22-20-12)10-5-2-6-18-11(10)17/h1-7,14H,(H2,17,18). The highest BCUT2D eigenvalue weighted by Gasteiger charge is 2.14. The molecule has 22 heavy (non-hydrogen) atoms. The van der Waals surface area contributed by atoms with E-state index in [-0.39, 0.29) is 23.3 Å². The van der Waals surface area contributed by atoms with Gasteiger partial charge in [-0.1, -0.05) is 17.3 Å². The molecule has 0 saturated heterocycles. The molecule has 8 heteroatoms. The van der Waals surface area contributed by atoms with Crippen LogP contribution >= 0.6 is 0 Å². The molecule has 0 unspecified atom stereocenters. The maximum absolute atomic E-state index is 12.2. The lowest BCUT2D eigenvalue weighted by Gasteiger charge is -2.04. The van der Waals surface area contributed by atoms with Crippen LogP contribution in [0.15, 0.2) is 47.1 Å². The van der Waals surface area contributed by atoms with Crippen molar-refractivity contribution in [2.75, 3.05) is 5.73 Å². The average molecular weight is 304 g/mol. The topological polar surface area (TPSA) is 87.1 Å². The van der Waals surface area contributed by atoms with Gasteiger partial charge in [0.25, 0.3) is 5.89 Å². The lowest BCUT2D eigenvalue weighted by Crippen LogP contribution is -2.01. The Labute approximate surface area is 123 Å². The van der Waals surface area contributed by atoms with Crippen LogP contribution in [0.3, 0.4) is 0 Å². The molecule has 0 atom stereocenters. The van der Waals surface area contributed by atoms with Crippen molar-refractivity contribution in [1.82, 2.24) is 15.1 Å². The van der Waals surface area contributed by atoms with Gasteiger partial charge in [-0.25, -0.2) is 4.98 Å². The average Bonchev–Trinajstić information content (AvgIpc) is 2.97. The SMILES string of the molecule is Nc1ncccc1-c1nc(-c2cccc(OC(F)F)c2)no1. The van der Waals surface area contributed by atoms with Gasteiger partial charge in [-0.05, 0) is 24.3 Å². The smallest absolute Gasteiger partial charge is 0.387 e. The Hall–Kier alpha value is -3.03. The van der Waals surface area contributed by atoms with Crippen LogP contribution in [0, 0.1) is 0 Å². The molecule has 1 aromatic carbocycles. The van der Waals surface area contributed by atoms with E-state index in [4.69, 9.17) is 10.3 Å². The Kier molecular flexibility index (Phi) is 3.65. The molecule has 2 heterocycles. The van der Waals surface area contributed by atoms with Crippen molar-refractivity contribution < 1.29 is 18.0 Å². The molecule has 3 aromatic rings. The molecule has 2 aromatic heterocycles. The Morgan fingerprint density at radius 1 is 1.18 bits per heavy atom. The number of hydrogen-bond donors (Lipinski definition) is 1. The minimum Gasteiger partial charge on any atom is -0.435 e. The Morgan fingerprint density at radius 3 is 2.82 bits per heavy atom. The quantitative estimate of drug-likeness (QED) is 0.797. The van der Waals surface area contributed by atoms with Crippen molar-refractivity contribution in [3.63, 3.8) is 0 Å². The number of ether oxygens (including phenoxy) is 1. The first kappa shape index (κ1) is 13.9. The molecule has 3 rings (SSSR count). The highest BCUT2D eigenvalue weighted by Crippen LogP contribution is 2.27. The van der Waals surface area contributed by atoms with Crippen LogP contribution in [-0.4, -0.2) is 21.7 Å². The van der Waals surface area contributed by atoms with Gasteiger partial charge in [-0.15, -0.1) is 0 Å². The molecule has 0 aliphatic heterocycles. The molecule has 0 amide bonds. The number of halogens is 2. The number of nitrogen functional groups attached to an aromatic ring is 1. The zero-order valence-electron chi connectivity index (χ0n) is 11.1. The summed E-state index contributed by atoms with van der Waals surface area (Å²) in [4.78, 5) is 8.12. The highest BCUT2D eigenvalue weighted by molar-refractivity contribution is 5.68. The fraction of sp³-hybridized carbons (Fsp3) is 0.0714. The van der Waals surface area contributed by atoms with Gasteiger partial charge < -0.3 is 15.0 Å². The van der Waals surface area contributed by atoms with Gasteiger partial charge >= 0.3 is 6.61 Å². The molecular formula is C14H10F2N4O2. The van der Waals surface area contributed by atoms with Crippen molar-refractivity contribution in [3.05, 3.63) is 42.6 Å². The van der Waals surface area contributed by atoms with Gasteiger partial charge in [0.05, 0.1) is 5.56 Å². The Morgan fingerprint density at radius 2 is 2.05 bits per heavy atom. The van der Waals surface area contributed by atoms with Crippen LogP contribution in [0.1, 0.15) is 0 Å². The lowest BCUT2D eigenvalue weighted by molar-refractivity contribution is -0.0498. The summed E-state index contributed by atoms with van der Waals surface area (Å²) >= 11 is 0. The minimum atomic E-state index is -2.90. The molecule has 6 nitrogen and oxygen atoms in total. The summed E-state index contributed by atoms with van der Waals surface area (Å²) in [5, 5.41) is 3.81. The minimum absolute atomic E-state index is 0.0136. The van der Waals surface area contributed by atoms with E-state index < -0.39 is 6.61 Å². The maximum atomic E-state index is 12.2. The molecule has 0 saturated carbocycles. The largest absolute Gasteiger partial charge is 0.435 e. The predicted molar refractivity (Wildman–Crippen MR) is 74.0 cm³/mol. The zero-order valence-corrected chi connectivity index (χ0v) is 11.1. The summed E-state index contributed by atoms with van der Waals surface area (Å²) in [6, 6.07) is 9.40. The van der Waals surface area contributed by atoms with Gasteiger partial charge in [0.1, 0.15) is 11.6 Å². The fourth-order valence-electron chi connectivity index (χ4n) is 1.86. The van der Waals surface area contributed by atoms with Crippen LogP contribution in [0.4, 0.5) is 14.6 Å². The highest BCUT2D eigenvalue weighted by atomic mass is 19.3. The fourth-order valence-corrected chi connectivity index (χ4v) is 1.86. The van der Waals surface area contributed by atoms with Crippen LogP contribution < -0.4 is 10.5 Å². The summed E-state index contributed by atoms with van der Waals surface area (Å²) in [7, 11) is 0. The van der Waals surface area contributed by atoms with E-state index in [2.05, 4.69) is 19.9 Å². The molecule has 0 spiro atoms. The number of anilines is 1. The third-order valence-corrected chi connectivity index (χ3v) is 2.81. The molecule has 0 radical (unpaired) electrons. The number of aromatic nitrogens is 3. The van der Waals surface area contributed by atoms with E-state index in [9.17, 15) is 8.78 Å². The van der Waals surface area contributed by atoms with E-state index in [1.54, 1.807) is 30.5 Å². The lowest BCUT2D eigenvalue weighted by atomic mass is 10.2. The summed E-state index contributed by atoms with van der Waals surface area (Å²) in [5.74, 6) is 0.700. The summed E-state index contributed by atoms with van der Waals surface area (Å²) in [6.45, 7) is -2.90. The molecule has 112 valence electrons. The third kappa shape index (κ3) is 2.85. The zero-order chi connectivity index (χ0) is 15.5. The summed E-state index contributed by atoms with van der Waals surface area (Å²) in [5.41, 5.74) is 6.72. The second-order valence-electron chi connectivity index (χ2n) is 4.27. The van der Waals surface area contributed by atoms with Crippen LogP contribution in [0.25, 0.3) is 22.8 Å². The van der Waals surface area contributed by atoms with Gasteiger partial charge in [-0.2, -0.15) is 13.8 Å². The Balaban J connectivity index is 1.93. The molecular weight excluding hydrogens is 294 g/mol. The van der Waals surface area contributed by atoms with Crippen molar-refractivity contribution in [2.45, 2.75) is 6.61 Å². The second kappa shape index (κ2) is 5.76. The monoisotopic (exact) mass is 304 g/mol. The number of alkyl halides is 2. The molecule has 0 bridgehead atoms. The maximum Gasteiger partial charge on any atom is 0.387 e. The summed E-state index contributed by atoms with van der Waals surface area (Å²) in [6.07, 6.45) is 1.54. The Bertz CT molecular complexity index is 792. The first-order chi connectivity index (χ1) is 10.6. The van der Waals surface area contributed by atoms with Gasteiger partial charge in [0, 0.05) is 11.8 Å². The van der Waals surface area contributed by atoms with Crippen LogP contribution in [-0.2, 0) is 0 Å². The molecule has 2 N–H and O–H groups in total. The van der Waals surface area contributed by atoms with Crippen molar-refractivity contribution in [2.24, 2.45) is 0 Å². The molecule has 0 aliphatic rings. The molecule has 0 aliphatic carbocycles. The second-order valence-corrected chi connectivity index (χ2v) is 4.27. The van der Waals surface area contributed by atoms with Gasteiger partial charge in [0.2, 0.25) is 5.82 Å². The van der Waals surface area contributed by atoms with Crippen molar-refractivity contribution >= 4 is 5.82 Å². The van der Waals surface area contributed by atoms with Crippen LogP contribution in [0.2, 0.25) is 0 Å². The van der Waals surface area contributed by atoms with Gasteiger partial charge in [-0.3, -0.25) is 0 Å². The predicted octanol–water partition coefficient (Wildman–Crippen LogP) is 2.98. The van der Waals surface area contributed by atoms with E-state index in [0.29, 0.717) is 11.1 Å². The van der Waals surface area contributed by atoms with Crippen LogP contribution in [0.5, 0.6) is 5.75 Å². The van der Waals surface area contributed by atoms with E-state index in [1.807, 2.05) is 0 Å². The first-order valence-corrected chi connectivity index (χ1v) is 6.23. The van der Waals surface area contributed by atoms with E-state index >= 15 is 0 Å². The number of pyridine rings is 1.